The molecule has 0 amide bonds. The summed E-state index contributed by atoms with van der Waals surface area (Å²) in [7, 11) is 1.83. The molecule has 4 rings (SSSR count). The average molecular weight is 511 g/mol. The zero-order valence-corrected chi connectivity index (χ0v) is 19.4. The first-order chi connectivity index (χ1) is 13.8. The van der Waals surface area contributed by atoms with E-state index in [1.807, 2.05) is 11.6 Å². The molecule has 0 bridgehead atoms. The number of aryl methyl sites for hydroxylation is 1. The van der Waals surface area contributed by atoms with Crippen molar-refractivity contribution >= 4 is 29.9 Å². The molecular weight excluding hydrogens is 481 g/mol. The number of hydrogen-bond acceptors (Lipinski definition) is 5. The number of halogens is 1. The van der Waals surface area contributed by atoms with E-state index in [0.29, 0.717) is 12.6 Å². The highest BCUT2D eigenvalue weighted by Crippen LogP contribution is 2.24. The number of benzene rings is 1. The van der Waals surface area contributed by atoms with Crippen LogP contribution >= 0.6 is 24.0 Å². The fourth-order valence-electron chi connectivity index (χ4n) is 4.12. The van der Waals surface area contributed by atoms with Crippen LogP contribution in [0.25, 0.3) is 0 Å². The SMILES string of the molecule is CCn1cnnc1CNC(=NC)N1CC2OCCN(Cc3ccccc3)C2C1.I. The van der Waals surface area contributed by atoms with Crippen LogP contribution in [0, 0.1) is 0 Å². The Morgan fingerprint density at radius 2 is 2.10 bits per heavy atom. The third kappa shape index (κ3) is 5.07. The molecule has 2 unspecified atom stereocenters. The standard InChI is InChI=1S/C20H29N7O.HI/c1-3-25-15-23-24-19(25)11-22-20(21-2)27-13-17-18(14-27)28-10-9-26(17)12-16-7-5-4-6-8-16;/h4-8,15,17-18H,3,9-14H2,1-2H3,(H,21,22);1H. The van der Waals surface area contributed by atoms with Crippen LogP contribution in [0.4, 0.5) is 0 Å². The van der Waals surface area contributed by atoms with Gasteiger partial charge in [-0.15, -0.1) is 34.2 Å². The van der Waals surface area contributed by atoms with E-state index < -0.39 is 0 Å². The monoisotopic (exact) mass is 511 g/mol. The van der Waals surface area contributed by atoms with Crippen molar-refractivity contribution in [3.63, 3.8) is 0 Å². The van der Waals surface area contributed by atoms with Gasteiger partial charge in [0, 0.05) is 39.8 Å². The Kier molecular flexibility index (Phi) is 7.84. The quantitative estimate of drug-likeness (QED) is 0.374. The molecule has 0 saturated carbocycles. The molecule has 2 fully saturated rings. The molecule has 1 aromatic carbocycles. The van der Waals surface area contributed by atoms with Crippen molar-refractivity contribution in [1.29, 1.82) is 0 Å². The third-order valence-electron chi connectivity index (χ3n) is 5.60. The highest BCUT2D eigenvalue weighted by molar-refractivity contribution is 14.0. The molecule has 8 nitrogen and oxygen atoms in total. The van der Waals surface area contributed by atoms with Crippen LogP contribution in [0.15, 0.2) is 41.7 Å². The van der Waals surface area contributed by atoms with Crippen LogP contribution in [0.5, 0.6) is 0 Å². The fourth-order valence-corrected chi connectivity index (χ4v) is 4.12. The van der Waals surface area contributed by atoms with Crippen molar-refractivity contribution in [3.05, 3.63) is 48.0 Å². The molecule has 1 N–H and O–H groups in total. The number of nitrogens with zero attached hydrogens (tertiary/aromatic N) is 6. The van der Waals surface area contributed by atoms with E-state index in [-0.39, 0.29) is 30.1 Å². The largest absolute Gasteiger partial charge is 0.373 e. The van der Waals surface area contributed by atoms with Gasteiger partial charge in [-0.2, -0.15) is 0 Å². The number of morpholine rings is 1. The molecule has 9 heteroatoms. The summed E-state index contributed by atoms with van der Waals surface area (Å²) in [5.41, 5.74) is 1.35. The lowest BCUT2D eigenvalue weighted by Gasteiger charge is -2.36. The Bertz CT molecular complexity index is 797. The van der Waals surface area contributed by atoms with Crippen molar-refractivity contribution in [2.24, 2.45) is 4.99 Å². The molecule has 0 aliphatic carbocycles. The molecule has 1 aromatic heterocycles. The summed E-state index contributed by atoms with van der Waals surface area (Å²) in [6.07, 6.45) is 1.98. The zero-order valence-electron chi connectivity index (χ0n) is 17.1. The number of aliphatic imine (C=N–C) groups is 1. The second-order valence-electron chi connectivity index (χ2n) is 7.27. The number of rotatable bonds is 5. The third-order valence-corrected chi connectivity index (χ3v) is 5.60. The fraction of sp³-hybridized carbons (Fsp3) is 0.550. The van der Waals surface area contributed by atoms with Gasteiger partial charge >= 0.3 is 0 Å². The molecule has 29 heavy (non-hydrogen) atoms. The van der Waals surface area contributed by atoms with E-state index in [1.54, 1.807) is 6.33 Å². The summed E-state index contributed by atoms with van der Waals surface area (Å²) >= 11 is 0. The highest BCUT2D eigenvalue weighted by Gasteiger charge is 2.41. The first kappa shape index (κ1) is 22.0. The lowest BCUT2D eigenvalue weighted by molar-refractivity contribution is -0.0502. The Morgan fingerprint density at radius 1 is 1.28 bits per heavy atom. The number of hydrogen-bond donors (Lipinski definition) is 1. The van der Waals surface area contributed by atoms with Crippen LogP contribution in [0.1, 0.15) is 18.3 Å². The van der Waals surface area contributed by atoms with E-state index >= 15 is 0 Å². The summed E-state index contributed by atoms with van der Waals surface area (Å²) in [6.45, 7) is 8.05. The molecule has 2 aromatic rings. The van der Waals surface area contributed by atoms with Gasteiger partial charge in [-0.25, -0.2) is 0 Å². The van der Waals surface area contributed by atoms with Crippen LogP contribution in [-0.2, 0) is 24.4 Å². The van der Waals surface area contributed by atoms with Crippen molar-refractivity contribution in [1.82, 2.24) is 29.9 Å². The number of guanidine groups is 1. The molecule has 3 heterocycles. The van der Waals surface area contributed by atoms with Crippen molar-refractivity contribution in [2.45, 2.75) is 38.7 Å². The van der Waals surface area contributed by atoms with Crippen LogP contribution in [0.3, 0.4) is 0 Å². The maximum Gasteiger partial charge on any atom is 0.194 e. The van der Waals surface area contributed by atoms with E-state index in [1.165, 1.54) is 5.56 Å². The molecule has 2 saturated heterocycles. The van der Waals surface area contributed by atoms with Gasteiger partial charge in [0.2, 0.25) is 0 Å². The minimum atomic E-state index is 0. The molecule has 2 atom stereocenters. The smallest absolute Gasteiger partial charge is 0.194 e. The van der Waals surface area contributed by atoms with Gasteiger partial charge in [0.25, 0.3) is 0 Å². The van der Waals surface area contributed by atoms with Gasteiger partial charge < -0.3 is 19.5 Å². The molecule has 0 radical (unpaired) electrons. The summed E-state index contributed by atoms with van der Waals surface area (Å²) in [5, 5.41) is 11.6. The maximum atomic E-state index is 6.09. The molecule has 158 valence electrons. The van der Waals surface area contributed by atoms with E-state index in [9.17, 15) is 0 Å². The number of nitrogens with one attached hydrogen (secondary N) is 1. The average Bonchev–Trinajstić information content (AvgIpc) is 3.36. The van der Waals surface area contributed by atoms with Crippen LogP contribution < -0.4 is 5.32 Å². The van der Waals surface area contributed by atoms with Gasteiger partial charge in [0.05, 0.1) is 25.3 Å². The van der Waals surface area contributed by atoms with Gasteiger partial charge in [0.15, 0.2) is 11.8 Å². The van der Waals surface area contributed by atoms with Crippen molar-refractivity contribution in [2.75, 3.05) is 33.3 Å². The van der Waals surface area contributed by atoms with E-state index in [2.05, 4.69) is 67.6 Å². The van der Waals surface area contributed by atoms with Gasteiger partial charge in [-0.05, 0) is 12.5 Å². The minimum Gasteiger partial charge on any atom is -0.373 e. The molecule has 0 spiro atoms. The zero-order chi connectivity index (χ0) is 19.3. The van der Waals surface area contributed by atoms with Crippen LogP contribution in [0.2, 0.25) is 0 Å². The molecular formula is C20H30IN7O. The Balaban J connectivity index is 0.00000240. The summed E-state index contributed by atoms with van der Waals surface area (Å²) < 4.78 is 8.13. The second-order valence-corrected chi connectivity index (χ2v) is 7.27. The van der Waals surface area contributed by atoms with Gasteiger partial charge in [-0.1, -0.05) is 30.3 Å². The lowest BCUT2D eigenvalue weighted by Crippen LogP contribution is -2.50. The van der Waals surface area contributed by atoms with E-state index in [0.717, 1.165) is 51.1 Å². The highest BCUT2D eigenvalue weighted by atomic mass is 127. The predicted octanol–water partition coefficient (Wildman–Crippen LogP) is 1.58. The Morgan fingerprint density at radius 3 is 2.86 bits per heavy atom. The predicted molar refractivity (Wildman–Crippen MR) is 123 cm³/mol. The van der Waals surface area contributed by atoms with Gasteiger partial charge in [0.1, 0.15) is 6.33 Å². The van der Waals surface area contributed by atoms with Crippen molar-refractivity contribution in [3.8, 4) is 0 Å². The Hall–Kier alpha value is -1.72. The van der Waals surface area contributed by atoms with Crippen LogP contribution in [-0.4, -0.2) is 76.0 Å². The maximum absolute atomic E-state index is 6.09. The molecule has 2 aliphatic rings. The first-order valence-electron chi connectivity index (χ1n) is 10.0. The first-order valence-corrected chi connectivity index (χ1v) is 10.0. The Labute approximate surface area is 189 Å². The number of fused-ring (bicyclic) bond motifs is 1. The normalized spacial score (nSPS) is 22.3. The van der Waals surface area contributed by atoms with Gasteiger partial charge in [-0.3, -0.25) is 9.89 Å². The number of ether oxygens (including phenoxy) is 1. The number of aromatic nitrogens is 3. The summed E-state index contributed by atoms with van der Waals surface area (Å²) in [4.78, 5) is 9.33. The summed E-state index contributed by atoms with van der Waals surface area (Å²) in [6, 6.07) is 11.1. The minimum absolute atomic E-state index is 0. The second kappa shape index (κ2) is 10.4. The number of likely N-dealkylation sites (tertiary alicyclic amines) is 1. The lowest BCUT2D eigenvalue weighted by atomic mass is 10.1. The van der Waals surface area contributed by atoms with E-state index in [4.69, 9.17) is 4.74 Å². The van der Waals surface area contributed by atoms with Crippen molar-refractivity contribution < 1.29 is 4.74 Å². The topological polar surface area (TPSA) is 70.8 Å². The summed E-state index contributed by atoms with van der Waals surface area (Å²) in [5.74, 6) is 1.81. The molecule has 2 aliphatic heterocycles.